The summed E-state index contributed by atoms with van der Waals surface area (Å²) in [6.45, 7) is 8.11. The van der Waals surface area contributed by atoms with Gasteiger partial charge in [0.15, 0.2) is 11.3 Å². The minimum Gasteiger partial charge on any atom is -0.461 e. The molecule has 1 saturated heterocycles. The molecule has 11 heteroatoms. The molecule has 0 saturated carbocycles. The summed E-state index contributed by atoms with van der Waals surface area (Å²) in [6, 6.07) is 8.46. The van der Waals surface area contributed by atoms with Gasteiger partial charge in [0, 0.05) is 75.6 Å². The topological polar surface area (TPSA) is 107 Å². The predicted octanol–water partition coefficient (Wildman–Crippen LogP) is 3.59. The molecule has 0 radical (unpaired) electrons. The highest BCUT2D eigenvalue weighted by molar-refractivity contribution is 5.88. The number of hydrogen-bond acceptors (Lipinski definition) is 8. The van der Waals surface area contributed by atoms with E-state index < -0.39 is 5.97 Å². The lowest BCUT2D eigenvalue weighted by molar-refractivity contribution is -0.129. The number of benzene rings is 1. The van der Waals surface area contributed by atoms with Crippen molar-refractivity contribution in [2.45, 2.75) is 58.7 Å². The van der Waals surface area contributed by atoms with Crippen molar-refractivity contribution in [1.29, 1.82) is 0 Å². The molecule has 7 rings (SSSR count). The molecule has 218 valence electrons. The molecular formula is C31H35N7O4. The standard InChI is InChI=1S/C31H35N7O4/c1-3-42-31(40)27-15-29-32-16-23(18-37(29)33-27)36-11-7-24-21(17-36)5-4-6-25(24)30-26-19-35(20(2)39)12-8-28(26)38(34-30)22-9-13-41-14-10-22/h4-6,15-16,18,22H,3,7-14,17,19H2,1-2H3. The predicted molar refractivity (Wildman–Crippen MR) is 155 cm³/mol. The molecule has 3 aliphatic heterocycles. The van der Waals surface area contributed by atoms with E-state index >= 15 is 0 Å². The summed E-state index contributed by atoms with van der Waals surface area (Å²) in [5.74, 6) is -0.342. The largest absolute Gasteiger partial charge is 0.461 e. The third-order valence-corrected chi connectivity index (χ3v) is 8.74. The van der Waals surface area contributed by atoms with Crippen molar-refractivity contribution in [2.24, 2.45) is 0 Å². The highest BCUT2D eigenvalue weighted by Crippen LogP contribution is 2.38. The van der Waals surface area contributed by atoms with Gasteiger partial charge in [0.1, 0.15) is 0 Å². The van der Waals surface area contributed by atoms with Gasteiger partial charge in [0.2, 0.25) is 5.91 Å². The van der Waals surface area contributed by atoms with Gasteiger partial charge in [-0.2, -0.15) is 10.2 Å². The van der Waals surface area contributed by atoms with Gasteiger partial charge in [-0.15, -0.1) is 0 Å². The maximum absolute atomic E-state index is 12.4. The van der Waals surface area contributed by atoms with Gasteiger partial charge in [-0.05, 0) is 37.3 Å². The molecule has 3 aromatic heterocycles. The third-order valence-electron chi connectivity index (χ3n) is 8.74. The van der Waals surface area contributed by atoms with Crippen LogP contribution in [0.5, 0.6) is 0 Å². The molecule has 1 amide bonds. The van der Waals surface area contributed by atoms with Crippen molar-refractivity contribution < 1.29 is 19.1 Å². The Morgan fingerprint density at radius 2 is 1.93 bits per heavy atom. The number of ether oxygens (including phenoxy) is 2. The molecule has 11 nitrogen and oxygen atoms in total. The fraction of sp³-hybridized carbons (Fsp3) is 0.452. The Kier molecular flexibility index (Phi) is 6.89. The number of carbonyl (C=O) groups excluding carboxylic acids is 2. The normalized spacial score (nSPS) is 17.3. The number of anilines is 1. The van der Waals surface area contributed by atoms with Crippen LogP contribution in [0, 0.1) is 0 Å². The van der Waals surface area contributed by atoms with E-state index in [-0.39, 0.29) is 11.6 Å². The van der Waals surface area contributed by atoms with Crippen molar-refractivity contribution in [3.63, 3.8) is 0 Å². The van der Waals surface area contributed by atoms with Crippen molar-refractivity contribution in [2.75, 3.05) is 37.8 Å². The number of rotatable bonds is 5. The maximum Gasteiger partial charge on any atom is 0.358 e. The Balaban J connectivity index is 1.21. The Bertz CT molecular complexity index is 1670. The average Bonchev–Trinajstić information content (AvgIpc) is 3.62. The molecule has 0 N–H and O–H groups in total. The summed E-state index contributed by atoms with van der Waals surface area (Å²) in [4.78, 5) is 33.3. The van der Waals surface area contributed by atoms with E-state index in [1.165, 1.54) is 27.9 Å². The van der Waals surface area contributed by atoms with Gasteiger partial charge in [0.05, 0.1) is 36.4 Å². The van der Waals surface area contributed by atoms with E-state index in [9.17, 15) is 9.59 Å². The van der Waals surface area contributed by atoms with Crippen molar-refractivity contribution in [3.8, 4) is 11.3 Å². The van der Waals surface area contributed by atoms with E-state index in [2.05, 4.69) is 37.9 Å². The lowest BCUT2D eigenvalue weighted by Crippen LogP contribution is -2.35. The number of aromatic nitrogens is 5. The first-order chi connectivity index (χ1) is 20.5. The Morgan fingerprint density at radius 1 is 1.07 bits per heavy atom. The van der Waals surface area contributed by atoms with Crippen LogP contribution in [0.1, 0.15) is 65.6 Å². The molecule has 42 heavy (non-hydrogen) atoms. The van der Waals surface area contributed by atoms with Gasteiger partial charge in [-0.1, -0.05) is 18.2 Å². The summed E-state index contributed by atoms with van der Waals surface area (Å²) in [5.41, 5.74) is 8.99. The van der Waals surface area contributed by atoms with Crippen LogP contribution >= 0.6 is 0 Å². The van der Waals surface area contributed by atoms with E-state index in [1.54, 1.807) is 24.4 Å². The molecule has 0 unspecified atom stereocenters. The monoisotopic (exact) mass is 569 g/mol. The van der Waals surface area contributed by atoms with Crippen molar-refractivity contribution in [1.82, 2.24) is 29.3 Å². The SMILES string of the molecule is CCOC(=O)c1cc2ncc(N3CCc4c(cccc4-c4nn(C5CCOCC5)c5c4CN(C(C)=O)CC5)C3)cn2n1. The molecule has 3 aliphatic rings. The number of nitrogens with zero attached hydrogens (tertiary/aromatic N) is 7. The number of hydrogen-bond donors (Lipinski definition) is 0. The van der Waals surface area contributed by atoms with Gasteiger partial charge in [-0.25, -0.2) is 14.3 Å². The summed E-state index contributed by atoms with van der Waals surface area (Å²) in [5, 5.41) is 9.67. The number of esters is 1. The van der Waals surface area contributed by atoms with Crippen LogP contribution < -0.4 is 4.90 Å². The quantitative estimate of drug-likeness (QED) is 0.336. The zero-order valence-electron chi connectivity index (χ0n) is 24.1. The Labute approximate surface area is 244 Å². The Morgan fingerprint density at radius 3 is 2.74 bits per heavy atom. The first-order valence-electron chi connectivity index (χ1n) is 14.8. The van der Waals surface area contributed by atoms with Gasteiger partial charge >= 0.3 is 5.97 Å². The fourth-order valence-corrected chi connectivity index (χ4v) is 6.55. The van der Waals surface area contributed by atoms with Crippen LogP contribution in [0.15, 0.2) is 36.7 Å². The van der Waals surface area contributed by atoms with Crippen molar-refractivity contribution in [3.05, 3.63) is 64.7 Å². The van der Waals surface area contributed by atoms with Gasteiger partial charge < -0.3 is 19.3 Å². The first-order valence-corrected chi connectivity index (χ1v) is 14.8. The first kappa shape index (κ1) is 26.6. The van der Waals surface area contributed by atoms with Crippen LogP contribution in [0.3, 0.4) is 0 Å². The second-order valence-corrected chi connectivity index (χ2v) is 11.2. The van der Waals surface area contributed by atoms with Crippen molar-refractivity contribution >= 4 is 23.2 Å². The minimum atomic E-state index is -0.447. The molecule has 0 aliphatic carbocycles. The lowest BCUT2D eigenvalue weighted by Gasteiger charge is -2.32. The van der Waals surface area contributed by atoms with Gasteiger partial charge in [-0.3, -0.25) is 9.48 Å². The Hall–Kier alpha value is -4.25. The van der Waals surface area contributed by atoms with Crippen LogP contribution in [0.25, 0.3) is 16.9 Å². The summed E-state index contributed by atoms with van der Waals surface area (Å²) < 4.78 is 14.6. The van der Waals surface area contributed by atoms with E-state index in [0.717, 1.165) is 69.9 Å². The highest BCUT2D eigenvalue weighted by Gasteiger charge is 2.32. The summed E-state index contributed by atoms with van der Waals surface area (Å²) in [6.07, 6.45) is 7.35. The number of amides is 1. The third kappa shape index (κ3) is 4.71. The molecule has 0 atom stereocenters. The highest BCUT2D eigenvalue weighted by atomic mass is 16.5. The van der Waals surface area contributed by atoms with E-state index in [0.29, 0.717) is 24.8 Å². The number of fused-ring (bicyclic) bond motifs is 3. The average molecular weight is 570 g/mol. The molecule has 1 aromatic carbocycles. The van der Waals surface area contributed by atoms with Crippen LogP contribution in [-0.2, 0) is 40.2 Å². The van der Waals surface area contributed by atoms with Crippen LogP contribution in [0.4, 0.5) is 5.69 Å². The molecule has 6 heterocycles. The zero-order chi connectivity index (χ0) is 28.8. The van der Waals surface area contributed by atoms with E-state index in [1.807, 2.05) is 17.3 Å². The lowest BCUT2D eigenvalue weighted by atomic mass is 9.90. The summed E-state index contributed by atoms with van der Waals surface area (Å²) in [7, 11) is 0. The molecule has 1 fully saturated rings. The molecule has 0 bridgehead atoms. The molecule has 4 aromatic rings. The number of carbonyl (C=O) groups is 2. The maximum atomic E-state index is 12.4. The minimum absolute atomic E-state index is 0.105. The molecular weight excluding hydrogens is 534 g/mol. The van der Waals surface area contributed by atoms with Crippen LogP contribution in [0.2, 0.25) is 0 Å². The smallest absolute Gasteiger partial charge is 0.358 e. The summed E-state index contributed by atoms with van der Waals surface area (Å²) >= 11 is 0. The fourth-order valence-electron chi connectivity index (χ4n) is 6.55. The van der Waals surface area contributed by atoms with Gasteiger partial charge in [0.25, 0.3) is 0 Å². The van der Waals surface area contributed by atoms with Crippen LogP contribution in [-0.4, -0.2) is 74.1 Å². The zero-order valence-corrected chi connectivity index (χ0v) is 24.1. The molecule has 0 spiro atoms. The second-order valence-electron chi connectivity index (χ2n) is 11.2. The van der Waals surface area contributed by atoms with E-state index in [4.69, 9.17) is 14.6 Å². The second kappa shape index (κ2) is 10.9.